The zero-order chi connectivity index (χ0) is 13.3. The van der Waals surface area contributed by atoms with Crippen LogP contribution < -0.4 is 9.46 Å². The number of hydrogen-bond acceptors (Lipinski definition) is 4. The van der Waals surface area contributed by atoms with Crippen molar-refractivity contribution >= 4 is 21.6 Å². The van der Waals surface area contributed by atoms with Crippen LogP contribution in [0.5, 0.6) is 5.75 Å². The first-order valence-electron chi connectivity index (χ1n) is 5.31. The maximum absolute atomic E-state index is 12.1. The zero-order valence-corrected chi connectivity index (χ0v) is 11.2. The Labute approximate surface area is 110 Å². The standard InChI is InChI=1S/C11H11ClN2O3S/c1-7(6-13)14-18(15,16)10-5-9(12)4-8-2-3-17-11(8)10/h4-5,7,14H,2-3H2,1H3. The van der Waals surface area contributed by atoms with Crippen LogP contribution in [0.4, 0.5) is 0 Å². The second-order valence-corrected chi connectivity index (χ2v) is 6.08. The molecule has 0 saturated heterocycles. The molecule has 0 fully saturated rings. The minimum atomic E-state index is -3.80. The fourth-order valence-electron chi connectivity index (χ4n) is 1.76. The molecule has 1 aromatic rings. The quantitative estimate of drug-likeness (QED) is 0.912. The molecule has 1 unspecified atom stereocenters. The highest BCUT2D eigenvalue weighted by molar-refractivity contribution is 7.89. The summed E-state index contributed by atoms with van der Waals surface area (Å²) < 4.78 is 31.8. The second kappa shape index (κ2) is 4.76. The van der Waals surface area contributed by atoms with Crippen LogP contribution in [0.25, 0.3) is 0 Å². The molecule has 1 N–H and O–H groups in total. The lowest BCUT2D eigenvalue weighted by atomic mass is 10.2. The molecule has 5 nitrogen and oxygen atoms in total. The number of nitrogens with one attached hydrogen (secondary N) is 1. The van der Waals surface area contributed by atoms with Gasteiger partial charge in [-0.2, -0.15) is 9.98 Å². The van der Waals surface area contributed by atoms with Gasteiger partial charge in [0.05, 0.1) is 12.7 Å². The van der Waals surface area contributed by atoms with Crippen LogP contribution in [0.15, 0.2) is 17.0 Å². The predicted molar refractivity (Wildman–Crippen MR) is 66.0 cm³/mol. The van der Waals surface area contributed by atoms with E-state index in [1.54, 1.807) is 6.07 Å². The highest BCUT2D eigenvalue weighted by Gasteiger charge is 2.27. The van der Waals surface area contributed by atoms with E-state index in [2.05, 4.69) is 4.72 Å². The Balaban J connectivity index is 2.49. The summed E-state index contributed by atoms with van der Waals surface area (Å²) in [6.07, 6.45) is 0.631. The number of benzene rings is 1. The average molecular weight is 287 g/mol. The smallest absolute Gasteiger partial charge is 0.245 e. The molecule has 18 heavy (non-hydrogen) atoms. The van der Waals surface area contributed by atoms with Crippen LogP contribution >= 0.6 is 11.6 Å². The monoisotopic (exact) mass is 286 g/mol. The van der Waals surface area contributed by atoms with Gasteiger partial charge < -0.3 is 4.74 Å². The van der Waals surface area contributed by atoms with E-state index in [0.29, 0.717) is 23.8 Å². The number of fused-ring (bicyclic) bond motifs is 1. The van der Waals surface area contributed by atoms with E-state index < -0.39 is 16.1 Å². The van der Waals surface area contributed by atoms with Crippen LogP contribution in [0.2, 0.25) is 5.02 Å². The molecule has 0 radical (unpaired) electrons. The number of nitriles is 1. The van der Waals surface area contributed by atoms with Crippen molar-refractivity contribution in [2.75, 3.05) is 6.61 Å². The zero-order valence-electron chi connectivity index (χ0n) is 9.60. The van der Waals surface area contributed by atoms with Crippen molar-refractivity contribution in [3.63, 3.8) is 0 Å². The van der Waals surface area contributed by atoms with E-state index in [1.807, 2.05) is 6.07 Å². The Morgan fingerprint density at radius 2 is 2.28 bits per heavy atom. The van der Waals surface area contributed by atoms with E-state index in [9.17, 15) is 8.42 Å². The van der Waals surface area contributed by atoms with Crippen LogP contribution in [-0.4, -0.2) is 21.1 Å². The van der Waals surface area contributed by atoms with Gasteiger partial charge in [0.15, 0.2) is 0 Å². The van der Waals surface area contributed by atoms with E-state index >= 15 is 0 Å². The highest BCUT2D eigenvalue weighted by atomic mass is 35.5. The maximum Gasteiger partial charge on any atom is 0.245 e. The predicted octanol–water partition coefficient (Wildman–Crippen LogP) is 1.47. The molecule has 0 amide bonds. The van der Waals surface area contributed by atoms with Gasteiger partial charge in [-0.05, 0) is 19.1 Å². The lowest BCUT2D eigenvalue weighted by molar-refractivity contribution is 0.348. The molecule has 2 rings (SSSR count). The van der Waals surface area contributed by atoms with E-state index in [0.717, 1.165) is 5.56 Å². The van der Waals surface area contributed by atoms with Gasteiger partial charge in [0.1, 0.15) is 16.7 Å². The van der Waals surface area contributed by atoms with Crippen LogP contribution in [0.3, 0.4) is 0 Å². The molecular formula is C11H11ClN2O3S. The fourth-order valence-corrected chi connectivity index (χ4v) is 3.42. The van der Waals surface area contributed by atoms with Gasteiger partial charge in [-0.3, -0.25) is 0 Å². The molecule has 1 aromatic carbocycles. The number of sulfonamides is 1. The molecule has 1 heterocycles. The van der Waals surface area contributed by atoms with Crippen LogP contribution in [0, 0.1) is 11.3 Å². The molecule has 7 heteroatoms. The van der Waals surface area contributed by atoms with E-state index in [4.69, 9.17) is 21.6 Å². The molecular weight excluding hydrogens is 276 g/mol. The normalized spacial score (nSPS) is 15.6. The van der Waals surface area contributed by atoms with Gasteiger partial charge in [0.2, 0.25) is 10.0 Å². The number of nitrogens with zero attached hydrogens (tertiary/aromatic N) is 1. The lowest BCUT2D eigenvalue weighted by Gasteiger charge is -2.11. The van der Waals surface area contributed by atoms with Gasteiger partial charge in [-0.25, -0.2) is 8.42 Å². The molecule has 1 aliphatic rings. The maximum atomic E-state index is 12.1. The largest absolute Gasteiger partial charge is 0.492 e. The molecule has 1 atom stereocenters. The minimum Gasteiger partial charge on any atom is -0.492 e. The molecule has 96 valence electrons. The first kappa shape index (κ1) is 13.1. The fraction of sp³-hybridized carbons (Fsp3) is 0.364. The summed E-state index contributed by atoms with van der Waals surface area (Å²) in [7, 11) is -3.80. The first-order chi connectivity index (χ1) is 8.44. The van der Waals surface area contributed by atoms with Gasteiger partial charge in [-0.1, -0.05) is 11.6 Å². The molecule has 0 saturated carbocycles. The summed E-state index contributed by atoms with van der Waals surface area (Å²) in [6.45, 7) is 1.90. The summed E-state index contributed by atoms with van der Waals surface area (Å²) in [4.78, 5) is -0.00963. The number of halogens is 1. The third-order valence-corrected chi connectivity index (χ3v) is 4.29. The van der Waals surface area contributed by atoms with Crippen molar-refractivity contribution in [2.24, 2.45) is 0 Å². The highest BCUT2D eigenvalue weighted by Crippen LogP contribution is 2.35. The van der Waals surface area contributed by atoms with Crippen molar-refractivity contribution in [3.8, 4) is 11.8 Å². The first-order valence-corrected chi connectivity index (χ1v) is 7.17. The molecule has 0 bridgehead atoms. The average Bonchev–Trinajstić information content (AvgIpc) is 2.74. The second-order valence-electron chi connectivity index (χ2n) is 3.96. The number of hydrogen-bond donors (Lipinski definition) is 1. The molecule has 1 aliphatic heterocycles. The summed E-state index contributed by atoms with van der Waals surface area (Å²) in [5, 5.41) is 9.00. The van der Waals surface area contributed by atoms with Crippen molar-refractivity contribution in [1.82, 2.24) is 4.72 Å². The van der Waals surface area contributed by atoms with Crippen molar-refractivity contribution in [2.45, 2.75) is 24.3 Å². The minimum absolute atomic E-state index is 0.00963. The Bertz CT molecular complexity index is 622. The summed E-state index contributed by atoms with van der Waals surface area (Å²) in [6, 6.07) is 4.02. The van der Waals surface area contributed by atoms with Gasteiger partial charge >= 0.3 is 0 Å². The van der Waals surface area contributed by atoms with Crippen molar-refractivity contribution < 1.29 is 13.2 Å². The summed E-state index contributed by atoms with van der Waals surface area (Å²) >= 11 is 5.89. The van der Waals surface area contributed by atoms with Crippen LogP contribution in [-0.2, 0) is 16.4 Å². The summed E-state index contributed by atoms with van der Waals surface area (Å²) in [5.74, 6) is 0.331. The van der Waals surface area contributed by atoms with Gasteiger partial charge in [-0.15, -0.1) is 0 Å². The number of rotatable bonds is 3. The molecule has 0 aromatic heterocycles. The van der Waals surface area contributed by atoms with Gasteiger partial charge in [0.25, 0.3) is 0 Å². The summed E-state index contributed by atoms with van der Waals surface area (Å²) in [5.41, 5.74) is 0.771. The SMILES string of the molecule is CC(C#N)NS(=O)(=O)c1cc(Cl)cc2c1OCC2. The Morgan fingerprint density at radius 3 is 2.94 bits per heavy atom. The lowest BCUT2D eigenvalue weighted by Crippen LogP contribution is -2.31. The van der Waals surface area contributed by atoms with Crippen molar-refractivity contribution in [1.29, 1.82) is 5.26 Å². The Morgan fingerprint density at radius 1 is 1.56 bits per heavy atom. The Kier molecular flexibility index (Phi) is 3.48. The number of ether oxygens (including phenoxy) is 1. The molecule has 0 aliphatic carbocycles. The van der Waals surface area contributed by atoms with Crippen molar-refractivity contribution in [3.05, 3.63) is 22.7 Å². The Hall–Kier alpha value is -1.29. The third-order valence-electron chi connectivity index (χ3n) is 2.53. The topological polar surface area (TPSA) is 79.2 Å². The van der Waals surface area contributed by atoms with E-state index in [-0.39, 0.29) is 4.90 Å². The van der Waals surface area contributed by atoms with Gasteiger partial charge in [0, 0.05) is 17.0 Å². The van der Waals surface area contributed by atoms with Crippen LogP contribution in [0.1, 0.15) is 12.5 Å². The van der Waals surface area contributed by atoms with E-state index in [1.165, 1.54) is 13.0 Å². The third kappa shape index (κ3) is 2.43. The molecule has 0 spiro atoms.